The molecule has 24 heavy (non-hydrogen) atoms. The molecule has 0 aromatic heterocycles. The number of nitrogens with one attached hydrogen (secondary N) is 1. The summed E-state index contributed by atoms with van der Waals surface area (Å²) in [6.45, 7) is 3.63. The van der Waals surface area contributed by atoms with Gasteiger partial charge in [0.05, 0.1) is 6.04 Å². The molecule has 1 aliphatic heterocycles. The van der Waals surface area contributed by atoms with Gasteiger partial charge in [-0.2, -0.15) is 0 Å². The fourth-order valence-electron chi connectivity index (χ4n) is 2.57. The molecule has 5 amide bonds. The molecule has 1 fully saturated rings. The van der Waals surface area contributed by atoms with Crippen molar-refractivity contribution < 1.29 is 19.2 Å². The first-order valence-corrected chi connectivity index (χ1v) is 7.79. The Morgan fingerprint density at radius 2 is 1.71 bits per heavy atom. The summed E-state index contributed by atoms with van der Waals surface area (Å²) in [7, 11) is 1.21. The van der Waals surface area contributed by atoms with Crippen LogP contribution >= 0.6 is 0 Å². The molecule has 2 rings (SSSR count). The van der Waals surface area contributed by atoms with Gasteiger partial charge in [0.25, 0.3) is 0 Å². The van der Waals surface area contributed by atoms with Crippen LogP contribution in [0.3, 0.4) is 0 Å². The van der Waals surface area contributed by atoms with Crippen molar-refractivity contribution in [1.82, 2.24) is 15.1 Å². The third-order valence-corrected chi connectivity index (χ3v) is 3.80. The fraction of sp³-hybridized carbons (Fsp3) is 0.412. The van der Waals surface area contributed by atoms with Crippen LogP contribution in [0.4, 0.5) is 4.79 Å². The number of hydrogen-bond donors (Lipinski definition) is 1. The van der Waals surface area contributed by atoms with E-state index in [0.29, 0.717) is 15.7 Å². The Labute approximate surface area is 140 Å². The number of carbonyl (C=O) groups is 4. The Hall–Kier alpha value is -2.70. The lowest BCUT2D eigenvalue weighted by molar-refractivity contribution is -0.143. The van der Waals surface area contributed by atoms with Crippen molar-refractivity contribution in [3.8, 4) is 0 Å². The van der Waals surface area contributed by atoms with E-state index in [1.807, 2.05) is 44.2 Å². The fourth-order valence-corrected chi connectivity index (χ4v) is 2.57. The van der Waals surface area contributed by atoms with Crippen molar-refractivity contribution >= 4 is 23.8 Å². The van der Waals surface area contributed by atoms with Gasteiger partial charge in [-0.3, -0.25) is 19.3 Å². The highest BCUT2D eigenvalue weighted by Crippen LogP contribution is 2.21. The molecule has 128 valence electrons. The second-order valence-corrected chi connectivity index (χ2v) is 6.20. The zero-order valence-corrected chi connectivity index (χ0v) is 14.0. The second kappa shape index (κ2) is 7.25. The Bertz CT molecular complexity index is 657. The molecular weight excluding hydrogens is 310 g/mol. The minimum atomic E-state index is -0.974. The number of amides is 5. The van der Waals surface area contributed by atoms with E-state index in [9.17, 15) is 19.2 Å². The maximum atomic E-state index is 12.3. The van der Waals surface area contributed by atoms with Crippen molar-refractivity contribution in [3.63, 3.8) is 0 Å². The topological polar surface area (TPSA) is 86.8 Å². The van der Waals surface area contributed by atoms with Gasteiger partial charge in [-0.1, -0.05) is 44.2 Å². The molecule has 1 N–H and O–H groups in total. The van der Waals surface area contributed by atoms with E-state index in [1.165, 1.54) is 7.05 Å². The van der Waals surface area contributed by atoms with Gasteiger partial charge in [-0.05, 0) is 17.9 Å². The number of likely N-dealkylation sites (N-methyl/N-ethyl adjacent to an activating group) is 1. The molecule has 1 aromatic rings. The number of benzene rings is 1. The van der Waals surface area contributed by atoms with Gasteiger partial charge >= 0.3 is 17.8 Å². The van der Waals surface area contributed by atoms with Crippen molar-refractivity contribution in [2.24, 2.45) is 5.92 Å². The third-order valence-electron chi connectivity index (χ3n) is 3.80. The van der Waals surface area contributed by atoms with Crippen molar-refractivity contribution in [2.75, 3.05) is 13.6 Å². The lowest BCUT2D eigenvalue weighted by atomic mass is 9.97. The first-order chi connectivity index (χ1) is 11.3. The largest absolute Gasteiger partial charge is 0.348 e. The highest BCUT2D eigenvalue weighted by molar-refractivity contribution is 6.44. The van der Waals surface area contributed by atoms with Crippen LogP contribution < -0.4 is 5.32 Å². The zero-order valence-electron chi connectivity index (χ0n) is 14.0. The van der Waals surface area contributed by atoms with E-state index in [0.717, 1.165) is 12.0 Å². The summed E-state index contributed by atoms with van der Waals surface area (Å²) < 4.78 is 0. The molecule has 7 heteroatoms. The number of imide groups is 2. The third kappa shape index (κ3) is 3.79. The Balaban J connectivity index is 2.07. The predicted molar refractivity (Wildman–Crippen MR) is 86.7 cm³/mol. The van der Waals surface area contributed by atoms with E-state index in [1.54, 1.807) is 0 Å². The molecule has 1 aromatic carbocycles. The zero-order chi connectivity index (χ0) is 17.9. The maximum Gasteiger partial charge on any atom is 0.334 e. The van der Waals surface area contributed by atoms with Crippen LogP contribution in [-0.4, -0.2) is 47.1 Å². The monoisotopic (exact) mass is 331 g/mol. The van der Waals surface area contributed by atoms with E-state index in [-0.39, 0.29) is 6.04 Å². The molecule has 1 atom stereocenters. The standard InChI is InChI=1S/C17H21N3O4/c1-11(2)9-13(12-7-5-4-6-8-12)18-14(21)10-20-16(23)15(22)19(3)17(20)24/h4-8,11,13H,9-10H2,1-3H3,(H,18,21)/t13-/m0/s1. The molecule has 0 spiro atoms. The van der Waals surface area contributed by atoms with Crippen LogP contribution in [0.25, 0.3) is 0 Å². The van der Waals surface area contributed by atoms with Crippen LogP contribution in [0.1, 0.15) is 31.9 Å². The van der Waals surface area contributed by atoms with E-state index >= 15 is 0 Å². The van der Waals surface area contributed by atoms with Crippen LogP contribution in [0.5, 0.6) is 0 Å². The highest BCUT2D eigenvalue weighted by atomic mass is 16.2. The minimum absolute atomic E-state index is 0.222. The Morgan fingerprint density at radius 3 is 2.21 bits per heavy atom. The average molecular weight is 331 g/mol. The number of hydrogen-bond acceptors (Lipinski definition) is 4. The Kier molecular flexibility index (Phi) is 5.33. The maximum absolute atomic E-state index is 12.3. The molecule has 1 aliphatic rings. The molecule has 1 heterocycles. The van der Waals surface area contributed by atoms with Gasteiger partial charge in [-0.25, -0.2) is 9.69 Å². The number of urea groups is 1. The van der Waals surface area contributed by atoms with Crippen LogP contribution in [0, 0.1) is 5.92 Å². The molecule has 0 unspecified atom stereocenters. The molecule has 0 bridgehead atoms. The van der Waals surface area contributed by atoms with E-state index < -0.39 is 30.3 Å². The first-order valence-electron chi connectivity index (χ1n) is 7.79. The lowest BCUT2D eigenvalue weighted by Crippen LogP contribution is -2.42. The molecular formula is C17H21N3O4. The SMILES string of the molecule is CC(C)C[C@H](NC(=O)CN1C(=O)C(=O)N(C)C1=O)c1ccccc1. The van der Waals surface area contributed by atoms with Gasteiger partial charge in [0, 0.05) is 7.05 Å². The van der Waals surface area contributed by atoms with Gasteiger partial charge in [0.2, 0.25) is 5.91 Å². The number of rotatable bonds is 6. The average Bonchev–Trinajstić information content (AvgIpc) is 2.72. The predicted octanol–water partition coefficient (Wildman–Crippen LogP) is 1.31. The van der Waals surface area contributed by atoms with Gasteiger partial charge in [0.15, 0.2) is 0 Å². The Morgan fingerprint density at radius 1 is 1.08 bits per heavy atom. The normalized spacial score (nSPS) is 16.1. The van der Waals surface area contributed by atoms with Crippen molar-refractivity contribution in [2.45, 2.75) is 26.3 Å². The highest BCUT2D eigenvalue weighted by Gasteiger charge is 2.43. The van der Waals surface area contributed by atoms with Gasteiger partial charge in [-0.15, -0.1) is 0 Å². The van der Waals surface area contributed by atoms with Crippen molar-refractivity contribution in [1.29, 1.82) is 0 Å². The van der Waals surface area contributed by atoms with Crippen LogP contribution in [0.2, 0.25) is 0 Å². The minimum Gasteiger partial charge on any atom is -0.348 e. The summed E-state index contributed by atoms with van der Waals surface area (Å²) >= 11 is 0. The van der Waals surface area contributed by atoms with Gasteiger partial charge in [0.1, 0.15) is 6.54 Å². The molecule has 1 saturated heterocycles. The number of carbonyl (C=O) groups excluding carboxylic acids is 4. The second-order valence-electron chi connectivity index (χ2n) is 6.20. The van der Waals surface area contributed by atoms with E-state index in [4.69, 9.17) is 0 Å². The summed E-state index contributed by atoms with van der Waals surface area (Å²) in [5.41, 5.74) is 0.951. The lowest BCUT2D eigenvalue weighted by Gasteiger charge is -2.22. The quantitative estimate of drug-likeness (QED) is 0.629. The molecule has 0 aliphatic carbocycles. The van der Waals surface area contributed by atoms with Gasteiger partial charge < -0.3 is 5.32 Å². The summed E-state index contributed by atoms with van der Waals surface area (Å²) in [4.78, 5) is 48.7. The summed E-state index contributed by atoms with van der Waals surface area (Å²) in [5, 5.41) is 2.85. The van der Waals surface area contributed by atoms with Crippen molar-refractivity contribution in [3.05, 3.63) is 35.9 Å². The molecule has 0 saturated carbocycles. The molecule has 0 radical (unpaired) electrons. The number of nitrogens with zero attached hydrogens (tertiary/aromatic N) is 2. The smallest absolute Gasteiger partial charge is 0.334 e. The van der Waals surface area contributed by atoms with Crippen LogP contribution in [0.15, 0.2) is 30.3 Å². The first kappa shape index (κ1) is 17.7. The summed E-state index contributed by atoms with van der Waals surface area (Å²) in [6, 6.07) is 8.49. The summed E-state index contributed by atoms with van der Waals surface area (Å²) in [6.07, 6.45) is 0.719. The van der Waals surface area contributed by atoms with Crippen LogP contribution in [-0.2, 0) is 14.4 Å². The summed E-state index contributed by atoms with van der Waals surface area (Å²) in [5.74, 6) is -2.03. The molecule has 7 nitrogen and oxygen atoms in total. The van der Waals surface area contributed by atoms with E-state index in [2.05, 4.69) is 5.32 Å².